The summed E-state index contributed by atoms with van der Waals surface area (Å²) < 4.78 is 1.02. The predicted molar refractivity (Wildman–Crippen MR) is 84.7 cm³/mol. The maximum atomic E-state index is 6.04. The molecule has 0 atom stereocenters. The first-order valence-corrected chi connectivity index (χ1v) is 7.68. The average molecular weight is 354 g/mol. The Kier molecular flexibility index (Phi) is 4.19. The molecule has 1 aliphatic heterocycles. The van der Waals surface area contributed by atoms with Gasteiger partial charge < -0.3 is 10.6 Å². The van der Waals surface area contributed by atoms with Crippen LogP contribution in [0, 0.1) is 0 Å². The molecule has 1 aromatic heterocycles. The van der Waals surface area contributed by atoms with E-state index >= 15 is 0 Å². The molecule has 0 fully saturated rings. The van der Waals surface area contributed by atoms with Gasteiger partial charge in [0, 0.05) is 28.7 Å². The number of halogens is 2. The van der Waals surface area contributed by atoms with E-state index < -0.39 is 0 Å². The van der Waals surface area contributed by atoms with Gasteiger partial charge >= 0.3 is 0 Å². The minimum Gasteiger partial charge on any atom is -0.340 e. The third kappa shape index (κ3) is 3.11. The summed E-state index contributed by atoms with van der Waals surface area (Å²) in [6, 6.07) is 7.98. The highest BCUT2D eigenvalue weighted by Crippen LogP contribution is 2.26. The smallest absolute Gasteiger partial charge is 0.224 e. The van der Waals surface area contributed by atoms with Crippen LogP contribution in [0.5, 0.6) is 0 Å². The van der Waals surface area contributed by atoms with E-state index in [2.05, 4.69) is 36.5 Å². The first-order chi connectivity index (χ1) is 9.72. The number of rotatable bonds is 2. The van der Waals surface area contributed by atoms with E-state index in [1.807, 2.05) is 24.3 Å². The largest absolute Gasteiger partial charge is 0.340 e. The van der Waals surface area contributed by atoms with Gasteiger partial charge in [0.25, 0.3) is 0 Å². The van der Waals surface area contributed by atoms with Crippen molar-refractivity contribution in [2.45, 2.75) is 12.8 Å². The van der Waals surface area contributed by atoms with Crippen molar-refractivity contribution >= 4 is 39.0 Å². The Balaban J connectivity index is 1.98. The quantitative estimate of drug-likeness (QED) is 0.813. The summed E-state index contributed by atoms with van der Waals surface area (Å²) in [5, 5.41) is 7.01. The summed E-state index contributed by atoms with van der Waals surface area (Å²) in [6.07, 6.45) is 1.79. The molecule has 0 saturated carbocycles. The molecule has 3 rings (SSSR count). The van der Waals surface area contributed by atoms with Gasteiger partial charge in [0.15, 0.2) is 0 Å². The first-order valence-electron chi connectivity index (χ1n) is 6.51. The molecule has 2 aromatic rings. The molecule has 20 heavy (non-hydrogen) atoms. The highest BCUT2D eigenvalue weighted by Gasteiger charge is 2.16. The van der Waals surface area contributed by atoms with Crippen molar-refractivity contribution in [1.29, 1.82) is 0 Å². The Morgan fingerprint density at radius 1 is 1.20 bits per heavy atom. The number of fused-ring (bicyclic) bond motifs is 1. The van der Waals surface area contributed by atoms with Gasteiger partial charge in [-0.25, -0.2) is 9.97 Å². The van der Waals surface area contributed by atoms with E-state index in [9.17, 15) is 0 Å². The molecule has 0 spiro atoms. The molecule has 0 saturated heterocycles. The van der Waals surface area contributed by atoms with Crippen LogP contribution in [0.2, 0.25) is 5.28 Å². The molecule has 1 aliphatic rings. The Hall–Kier alpha value is -1.17. The van der Waals surface area contributed by atoms with Gasteiger partial charge in [0.1, 0.15) is 5.82 Å². The maximum Gasteiger partial charge on any atom is 0.224 e. The molecule has 0 radical (unpaired) electrons. The van der Waals surface area contributed by atoms with E-state index in [1.54, 1.807) is 0 Å². The van der Waals surface area contributed by atoms with Crippen LogP contribution < -0.4 is 10.6 Å². The number of hydrogen-bond acceptors (Lipinski definition) is 4. The van der Waals surface area contributed by atoms with Gasteiger partial charge in [-0.3, -0.25) is 0 Å². The first kappa shape index (κ1) is 13.8. The normalized spacial score (nSPS) is 14.5. The highest BCUT2D eigenvalue weighted by molar-refractivity contribution is 9.10. The lowest BCUT2D eigenvalue weighted by Gasteiger charge is -2.13. The molecule has 0 amide bonds. The summed E-state index contributed by atoms with van der Waals surface area (Å²) in [7, 11) is 0. The van der Waals surface area contributed by atoms with E-state index in [0.29, 0.717) is 5.28 Å². The number of anilines is 2. The van der Waals surface area contributed by atoms with Crippen molar-refractivity contribution in [3.8, 4) is 0 Å². The van der Waals surface area contributed by atoms with Crippen LogP contribution in [0.25, 0.3) is 0 Å². The van der Waals surface area contributed by atoms with Gasteiger partial charge in [-0.15, -0.1) is 0 Å². The summed E-state index contributed by atoms with van der Waals surface area (Å²) in [4.78, 5) is 8.71. The van der Waals surface area contributed by atoms with Crippen molar-refractivity contribution in [2.24, 2.45) is 0 Å². The van der Waals surface area contributed by atoms with Crippen LogP contribution in [0.4, 0.5) is 11.5 Å². The fourth-order valence-corrected chi connectivity index (χ4v) is 2.91. The Morgan fingerprint density at radius 2 is 2.05 bits per heavy atom. The summed E-state index contributed by atoms with van der Waals surface area (Å²) in [5.41, 5.74) is 3.17. The van der Waals surface area contributed by atoms with Gasteiger partial charge in [0.05, 0.1) is 5.69 Å². The number of aromatic nitrogens is 2. The monoisotopic (exact) mass is 352 g/mol. The van der Waals surface area contributed by atoms with E-state index in [1.165, 1.54) is 0 Å². The second-order valence-electron chi connectivity index (χ2n) is 4.65. The molecule has 1 aromatic carbocycles. The zero-order valence-electron chi connectivity index (χ0n) is 10.8. The van der Waals surface area contributed by atoms with Crippen molar-refractivity contribution in [3.63, 3.8) is 0 Å². The Morgan fingerprint density at radius 3 is 2.90 bits per heavy atom. The standard InChI is InChI=1S/C14H14BrClN4/c15-9-2-1-3-10(8-9)18-13-11-4-6-17-7-5-12(11)19-14(16)20-13/h1-3,8,17H,4-7H2,(H,18,19,20). The maximum absolute atomic E-state index is 6.04. The molecule has 2 N–H and O–H groups in total. The van der Waals surface area contributed by atoms with Crippen LogP contribution in [0.3, 0.4) is 0 Å². The molecular weight excluding hydrogens is 340 g/mol. The summed E-state index contributed by atoms with van der Waals surface area (Å²) in [6.45, 7) is 1.86. The van der Waals surface area contributed by atoms with E-state index in [4.69, 9.17) is 11.6 Å². The van der Waals surface area contributed by atoms with Gasteiger partial charge in [0.2, 0.25) is 5.28 Å². The Bertz CT molecular complexity index is 633. The number of hydrogen-bond donors (Lipinski definition) is 2. The number of nitrogens with one attached hydrogen (secondary N) is 2. The minimum atomic E-state index is 0.295. The van der Waals surface area contributed by atoms with Gasteiger partial charge in [-0.1, -0.05) is 22.0 Å². The Labute approximate surface area is 131 Å². The molecule has 104 valence electrons. The lowest BCUT2D eigenvalue weighted by molar-refractivity contribution is 0.708. The van der Waals surface area contributed by atoms with Crippen molar-refractivity contribution in [3.05, 3.63) is 45.3 Å². The minimum absolute atomic E-state index is 0.295. The van der Waals surface area contributed by atoms with E-state index in [0.717, 1.165) is 53.2 Å². The van der Waals surface area contributed by atoms with Crippen LogP contribution >= 0.6 is 27.5 Å². The average Bonchev–Trinajstić information content (AvgIpc) is 2.64. The van der Waals surface area contributed by atoms with Crippen molar-refractivity contribution < 1.29 is 0 Å². The SMILES string of the molecule is Clc1nc2c(c(Nc3cccc(Br)c3)n1)CCNCC2. The molecule has 4 nitrogen and oxygen atoms in total. The van der Waals surface area contributed by atoms with Crippen molar-refractivity contribution in [2.75, 3.05) is 18.4 Å². The lowest BCUT2D eigenvalue weighted by Crippen LogP contribution is -2.16. The van der Waals surface area contributed by atoms with Gasteiger partial charge in [-0.2, -0.15) is 0 Å². The zero-order valence-corrected chi connectivity index (χ0v) is 13.1. The van der Waals surface area contributed by atoms with Crippen LogP contribution in [0.1, 0.15) is 11.3 Å². The van der Waals surface area contributed by atoms with E-state index in [-0.39, 0.29) is 0 Å². The molecule has 0 aliphatic carbocycles. The zero-order chi connectivity index (χ0) is 13.9. The molecule has 0 bridgehead atoms. The van der Waals surface area contributed by atoms with Crippen LogP contribution in [-0.4, -0.2) is 23.1 Å². The molecule has 0 unspecified atom stereocenters. The fourth-order valence-electron chi connectivity index (χ4n) is 2.32. The molecule has 6 heteroatoms. The number of nitrogens with zero attached hydrogens (tertiary/aromatic N) is 2. The third-order valence-electron chi connectivity index (χ3n) is 3.24. The third-order valence-corrected chi connectivity index (χ3v) is 3.91. The second kappa shape index (κ2) is 6.08. The summed E-state index contributed by atoms with van der Waals surface area (Å²) in [5.74, 6) is 0.807. The number of benzene rings is 1. The second-order valence-corrected chi connectivity index (χ2v) is 5.91. The van der Waals surface area contributed by atoms with Gasteiger partial charge in [-0.05, 0) is 42.8 Å². The van der Waals surface area contributed by atoms with Crippen LogP contribution in [0.15, 0.2) is 28.7 Å². The summed E-state index contributed by atoms with van der Waals surface area (Å²) >= 11 is 9.51. The van der Waals surface area contributed by atoms with Crippen molar-refractivity contribution in [1.82, 2.24) is 15.3 Å². The van der Waals surface area contributed by atoms with Crippen LogP contribution in [-0.2, 0) is 12.8 Å². The topological polar surface area (TPSA) is 49.8 Å². The fraction of sp³-hybridized carbons (Fsp3) is 0.286. The highest BCUT2D eigenvalue weighted by atomic mass is 79.9. The predicted octanol–water partition coefficient (Wildman–Crippen LogP) is 3.32. The molecular formula is C14H14BrClN4. The lowest BCUT2D eigenvalue weighted by atomic mass is 10.1. The molecule has 2 heterocycles.